The molecule has 6 heteroatoms. The lowest BCUT2D eigenvalue weighted by Gasteiger charge is -2.19. The molecule has 0 aliphatic carbocycles. The predicted octanol–water partition coefficient (Wildman–Crippen LogP) is 2.13. The topological polar surface area (TPSA) is 71.3 Å². The van der Waals surface area contributed by atoms with Crippen LogP contribution in [0, 0.1) is 11.3 Å². The van der Waals surface area contributed by atoms with Crippen molar-refractivity contribution >= 4 is 11.6 Å². The number of nitrogens with zero attached hydrogens (tertiary/aromatic N) is 4. The molecular formula is C14H14N4O2. The zero-order chi connectivity index (χ0) is 14.5. The Hall–Kier alpha value is -2.81. The van der Waals surface area contributed by atoms with E-state index in [0.29, 0.717) is 29.0 Å². The molecule has 0 radical (unpaired) electrons. The maximum Gasteiger partial charge on any atom is 0.236 e. The van der Waals surface area contributed by atoms with Crippen molar-refractivity contribution in [3.05, 3.63) is 35.9 Å². The summed E-state index contributed by atoms with van der Waals surface area (Å²) in [4.78, 5) is 10.2. The zero-order valence-electron chi connectivity index (χ0n) is 11.5. The summed E-state index contributed by atoms with van der Waals surface area (Å²) < 4.78 is 10.2. The summed E-state index contributed by atoms with van der Waals surface area (Å²) in [6.45, 7) is 0. The fraction of sp³-hybridized carbons (Fsp3) is 0.214. The predicted molar refractivity (Wildman–Crippen MR) is 74.4 cm³/mol. The third kappa shape index (κ3) is 2.62. The second kappa shape index (κ2) is 5.89. The minimum atomic E-state index is 0.393. The molecule has 1 heterocycles. The SMILES string of the molecule is COc1cc(OC)nc(N(C)c2ccccc2C#N)n1. The van der Waals surface area contributed by atoms with Gasteiger partial charge in [-0.25, -0.2) is 0 Å². The number of methoxy groups -OCH3 is 2. The molecule has 0 saturated heterocycles. The van der Waals surface area contributed by atoms with Crippen molar-refractivity contribution in [1.29, 1.82) is 5.26 Å². The van der Waals surface area contributed by atoms with E-state index in [1.54, 1.807) is 24.1 Å². The van der Waals surface area contributed by atoms with Crippen LogP contribution in [0.25, 0.3) is 0 Å². The van der Waals surface area contributed by atoms with Gasteiger partial charge >= 0.3 is 0 Å². The summed E-state index contributed by atoms with van der Waals surface area (Å²) in [5, 5.41) is 9.15. The van der Waals surface area contributed by atoms with Gasteiger partial charge in [0, 0.05) is 7.05 Å². The lowest BCUT2D eigenvalue weighted by molar-refractivity contribution is 0.372. The van der Waals surface area contributed by atoms with Gasteiger partial charge in [0.25, 0.3) is 0 Å². The van der Waals surface area contributed by atoms with Gasteiger partial charge < -0.3 is 14.4 Å². The van der Waals surface area contributed by atoms with Gasteiger partial charge in [-0.2, -0.15) is 15.2 Å². The van der Waals surface area contributed by atoms with Crippen LogP contribution >= 0.6 is 0 Å². The Morgan fingerprint density at radius 1 is 1.10 bits per heavy atom. The molecule has 20 heavy (non-hydrogen) atoms. The number of anilines is 2. The van der Waals surface area contributed by atoms with Crippen LogP contribution < -0.4 is 14.4 Å². The van der Waals surface area contributed by atoms with E-state index in [1.807, 2.05) is 18.2 Å². The quantitative estimate of drug-likeness (QED) is 0.847. The molecule has 0 amide bonds. The second-order valence-electron chi connectivity index (χ2n) is 3.94. The fourth-order valence-electron chi connectivity index (χ4n) is 1.72. The lowest BCUT2D eigenvalue weighted by atomic mass is 10.2. The number of hydrogen-bond acceptors (Lipinski definition) is 6. The molecule has 102 valence electrons. The second-order valence-corrected chi connectivity index (χ2v) is 3.94. The molecule has 2 rings (SSSR count). The van der Waals surface area contributed by atoms with Crippen LogP contribution in [0.5, 0.6) is 11.8 Å². The molecule has 1 aromatic carbocycles. The van der Waals surface area contributed by atoms with E-state index in [2.05, 4.69) is 16.0 Å². The number of para-hydroxylation sites is 1. The number of nitriles is 1. The van der Waals surface area contributed by atoms with E-state index in [0.717, 1.165) is 0 Å². The molecule has 0 spiro atoms. The Balaban J connectivity index is 2.47. The highest BCUT2D eigenvalue weighted by Crippen LogP contribution is 2.27. The van der Waals surface area contributed by atoms with Crippen LogP contribution in [0.3, 0.4) is 0 Å². The van der Waals surface area contributed by atoms with Crippen molar-refractivity contribution in [2.45, 2.75) is 0 Å². The van der Waals surface area contributed by atoms with Crippen molar-refractivity contribution < 1.29 is 9.47 Å². The van der Waals surface area contributed by atoms with Crippen molar-refractivity contribution in [2.75, 3.05) is 26.2 Å². The molecule has 0 bridgehead atoms. The van der Waals surface area contributed by atoms with Gasteiger partial charge in [0.05, 0.1) is 31.5 Å². The van der Waals surface area contributed by atoms with E-state index < -0.39 is 0 Å². The van der Waals surface area contributed by atoms with E-state index in [4.69, 9.17) is 14.7 Å². The summed E-state index contributed by atoms with van der Waals surface area (Å²) in [6.07, 6.45) is 0. The first kappa shape index (κ1) is 13.6. The fourth-order valence-corrected chi connectivity index (χ4v) is 1.72. The molecule has 0 N–H and O–H groups in total. The average Bonchev–Trinajstić information content (AvgIpc) is 2.53. The summed E-state index contributed by atoms with van der Waals surface area (Å²) in [5.74, 6) is 1.19. The summed E-state index contributed by atoms with van der Waals surface area (Å²) in [5.41, 5.74) is 1.26. The molecule has 0 fully saturated rings. The lowest BCUT2D eigenvalue weighted by Crippen LogP contribution is -2.15. The first-order valence-electron chi connectivity index (χ1n) is 5.89. The normalized spacial score (nSPS) is 9.70. The molecule has 0 saturated carbocycles. The van der Waals surface area contributed by atoms with Gasteiger partial charge in [-0.05, 0) is 12.1 Å². The van der Waals surface area contributed by atoms with Crippen molar-refractivity contribution in [2.24, 2.45) is 0 Å². The third-order valence-corrected chi connectivity index (χ3v) is 2.77. The Kier molecular flexibility index (Phi) is 4.01. The molecule has 0 unspecified atom stereocenters. The first-order chi connectivity index (χ1) is 9.69. The maximum atomic E-state index is 9.15. The van der Waals surface area contributed by atoms with Gasteiger partial charge in [0.1, 0.15) is 6.07 Å². The van der Waals surface area contributed by atoms with Crippen LogP contribution in [-0.2, 0) is 0 Å². The molecule has 0 aliphatic heterocycles. The molecule has 0 aliphatic rings. The minimum absolute atomic E-state index is 0.393. The number of aromatic nitrogens is 2. The van der Waals surface area contributed by atoms with E-state index in [-0.39, 0.29) is 0 Å². The number of rotatable bonds is 4. The van der Waals surface area contributed by atoms with E-state index >= 15 is 0 Å². The summed E-state index contributed by atoms with van der Waals surface area (Å²) in [7, 11) is 4.83. The van der Waals surface area contributed by atoms with Crippen LogP contribution in [0.15, 0.2) is 30.3 Å². The highest BCUT2D eigenvalue weighted by Gasteiger charge is 2.14. The van der Waals surface area contributed by atoms with Gasteiger partial charge in [-0.1, -0.05) is 12.1 Å². The molecule has 1 aromatic heterocycles. The monoisotopic (exact) mass is 270 g/mol. The molecular weight excluding hydrogens is 256 g/mol. The van der Waals surface area contributed by atoms with Crippen molar-refractivity contribution in [3.63, 3.8) is 0 Å². The van der Waals surface area contributed by atoms with Crippen LogP contribution in [-0.4, -0.2) is 31.2 Å². The maximum absolute atomic E-state index is 9.15. The van der Waals surface area contributed by atoms with Crippen LogP contribution in [0.2, 0.25) is 0 Å². The first-order valence-corrected chi connectivity index (χ1v) is 5.89. The Morgan fingerprint density at radius 3 is 2.25 bits per heavy atom. The van der Waals surface area contributed by atoms with Crippen molar-refractivity contribution in [3.8, 4) is 17.8 Å². The Morgan fingerprint density at radius 2 is 1.70 bits per heavy atom. The smallest absolute Gasteiger partial charge is 0.236 e. The highest BCUT2D eigenvalue weighted by atomic mass is 16.5. The Labute approximate surface area is 117 Å². The van der Waals surface area contributed by atoms with Gasteiger partial charge in [-0.3, -0.25) is 0 Å². The third-order valence-electron chi connectivity index (χ3n) is 2.77. The van der Waals surface area contributed by atoms with E-state index in [9.17, 15) is 0 Å². The minimum Gasteiger partial charge on any atom is -0.481 e. The van der Waals surface area contributed by atoms with Gasteiger partial charge in [0.2, 0.25) is 17.7 Å². The number of benzene rings is 1. The molecule has 2 aromatic rings. The standard InChI is InChI=1S/C14H14N4O2/c1-18(11-7-5-4-6-10(11)9-15)14-16-12(19-2)8-13(17-14)20-3/h4-8H,1-3H3. The molecule has 6 nitrogen and oxygen atoms in total. The van der Waals surface area contributed by atoms with Gasteiger partial charge in [-0.15, -0.1) is 0 Å². The van der Waals surface area contributed by atoms with Crippen LogP contribution in [0.4, 0.5) is 11.6 Å². The Bertz CT molecular complexity index is 630. The summed E-state index contributed by atoms with van der Waals surface area (Å²) in [6, 6.07) is 11.0. The van der Waals surface area contributed by atoms with Crippen molar-refractivity contribution in [1.82, 2.24) is 9.97 Å². The average molecular weight is 270 g/mol. The number of ether oxygens (including phenoxy) is 2. The van der Waals surface area contributed by atoms with E-state index in [1.165, 1.54) is 14.2 Å². The van der Waals surface area contributed by atoms with Gasteiger partial charge in [0.15, 0.2) is 0 Å². The number of hydrogen-bond donors (Lipinski definition) is 0. The van der Waals surface area contributed by atoms with Crippen LogP contribution in [0.1, 0.15) is 5.56 Å². The summed E-state index contributed by atoms with van der Waals surface area (Å²) >= 11 is 0. The molecule has 0 atom stereocenters. The largest absolute Gasteiger partial charge is 0.481 e. The highest BCUT2D eigenvalue weighted by molar-refractivity contribution is 5.65. The zero-order valence-corrected chi connectivity index (χ0v) is 11.5.